The summed E-state index contributed by atoms with van der Waals surface area (Å²) in [5.41, 5.74) is 0. The zero-order valence-electron chi connectivity index (χ0n) is 17.7. The summed E-state index contributed by atoms with van der Waals surface area (Å²) in [6.45, 7) is 6.56. The molecule has 0 N–H and O–H groups in total. The fraction of sp³-hybridized carbons (Fsp3) is 1.00. The summed E-state index contributed by atoms with van der Waals surface area (Å²) in [7, 11) is 2.17. The lowest BCUT2D eigenvalue weighted by molar-refractivity contribution is 0.285. The Kier molecular flexibility index (Phi) is 27.9. The second-order valence-corrected chi connectivity index (χ2v) is 9.07. The summed E-state index contributed by atoms with van der Waals surface area (Å²) in [5, 5.41) is 0. The molecule has 0 aliphatic rings. The van der Waals surface area contributed by atoms with Crippen LogP contribution in [0.3, 0.4) is 0 Å². The van der Waals surface area contributed by atoms with E-state index in [0.29, 0.717) is 0 Å². The maximum absolute atomic E-state index is 4.82. The fourth-order valence-electron chi connectivity index (χ4n) is 2.72. The SMILES string of the molecule is CCCCCCCCCCCCCCCCCC.CO[SiH](C)OC. The minimum absolute atomic E-state index is 1.16. The van der Waals surface area contributed by atoms with E-state index in [1.165, 1.54) is 103 Å². The quantitative estimate of drug-likeness (QED) is 0.199. The molecule has 0 unspecified atom stereocenters. The highest BCUT2D eigenvalue weighted by molar-refractivity contribution is 6.42. The Labute approximate surface area is 155 Å². The van der Waals surface area contributed by atoms with Crippen molar-refractivity contribution in [2.24, 2.45) is 0 Å². The van der Waals surface area contributed by atoms with E-state index < -0.39 is 9.28 Å². The van der Waals surface area contributed by atoms with Crippen LogP contribution in [0.25, 0.3) is 0 Å². The Morgan fingerprint density at radius 3 is 0.792 bits per heavy atom. The molecule has 0 amide bonds. The molecule has 0 atom stereocenters. The summed E-state index contributed by atoms with van der Waals surface area (Å²) in [6.07, 6.45) is 23.4. The Morgan fingerprint density at radius 2 is 0.667 bits per heavy atom. The Hall–Kier alpha value is 0.137. The molecule has 0 radical (unpaired) electrons. The third kappa shape index (κ3) is 27.0. The van der Waals surface area contributed by atoms with Crippen molar-refractivity contribution in [1.29, 1.82) is 0 Å². The molecule has 24 heavy (non-hydrogen) atoms. The van der Waals surface area contributed by atoms with Crippen LogP contribution in [-0.2, 0) is 8.85 Å². The van der Waals surface area contributed by atoms with Gasteiger partial charge in [-0.25, -0.2) is 0 Å². The summed E-state index contributed by atoms with van der Waals surface area (Å²) < 4.78 is 9.63. The molecule has 0 fully saturated rings. The van der Waals surface area contributed by atoms with Crippen LogP contribution < -0.4 is 0 Å². The van der Waals surface area contributed by atoms with E-state index in [1.807, 2.05) is 6.55 Å². The minimum atomic E-state index is -1.16. The van der Waals surface area contributed by atoms with Gasteiger partial charge in [-0.3, -0.25) is 0 Å². The van der Waals surface area contributed by atoms with Gasteiger partial charge in [0, 0.05) is 14.2 Å². The van der Waals surface area contributed by atoms with Crippen LogP contribution in [0, 0.1) is 0 Å². The van der Waals surface area contributed by atoms with Crippen molar-refractivity contribution < 1.29 is 8.85 Å². The second-order valence-electron chi connectivity index (χ2n) is 6.99. The van der Waals surface area contributed by atoms with Gasteiger partial charge in [-0.05, 0) is 6.55 Å². The first kappa shape index (κ1) is 26.4. The summed E-state index contributed by atoms with van der Waals surface area (Å²) in [5.74, 6) is 0. The molecule has 0 saturated carbocycles. The molecular formula is C21H48O2Si. The predicted molar refractivity (Wildman–Crippen MR) is 112 cm³/mol. The van der Waals surface area contributed by atoms with Crippen LogP contribution in [0.4, 0.5) is 0 Å². The number of hydrogen-bond donors (Lipinski definition) is 0. The Morgan fingerprint density at radius 1 is 0.458 bits per heavy atom. The highest BCUT2D eigenvalue weighted by Crippen LogP contribution is 2.13. The van der Waals surface area contributed by atoms with E-state index in [0.717, 1.165) is 0 Å². The largest absolute Gasteiger partial charge is 0.400 e. The molecule has 0 aliphatic carbocycles. The van der Waals surface area contributed by atoms with Gasteiger partial charge in [0.05, 0.1) is 0 Å². The van der Waals surface area contributed by atoms with Crippen molar-refractivity contribution in [3.63, 3.8) is 0 Å². The molecule has 0 bridgehead atoms. The Balaban J connectivity index is 0. The summed E-state index contributed by atoms with van der Waals surface area (Å²) >= 11 is 0. The first-order valence-corrected chi connectivity index (χ1v) is 12.9. The standard InChI is InChI=1S/C18H38.C3H10O2Si/c1-3-5-7-9-11-13-15-17-18-16-14-12-10-8-6-4-2;1-4-6(3)5-2/h3-18H2,1-2H3;6H,1-3H3. The molecule has 2 nitrogen and oxygen atoms in total. The van der Waals surface area contributed by atoms with Crippen molar-refractivity contribution >= 4 is 9.28 Å². The third-order valence-corrected chi connectivity index (χ3v) is 5.95. The van der Waals surface area contributed by atoms with E-state index >= 15 is 0 Å². The zero-order chi connectivity index (χ0) is 18.3. The average molecular weight is 361 g/mol. The van der Waals surface area contributed by atoms with Gasteiger partial charge in [0.1, 0.15) is 0 Å². The van der Waals surface area contributed by atoms with Crippen LogP contribution >= 0.6 is 0 Å². The topological polar surface area (TPSA) is 18.5 Å². The van der Waals surface area contributed by atoms with Crippen molar-refractivity contribution in [2.75, 3.05) is 14.2 Å². The fourth-order valence-corrected chi connectivity index (χ4v) is 2.91. The van der Waals surface area contributed by atoms with Gasteiger partial charge in [-0.15, -0.1) is 0 Å². The summed E-state index contributed by atoms with van der Waals surface area (Å²) in [6, 6.07) is 0. The first-order chi connectivity index (χ1) is 11.7. The second kappa shape index (κ2) is 25.4. The highest BCUT2D eigenvalue weighted by Gasteiger charge is 1.94. The molecule has 0 spiro atoms. The molecule has 0 saturated heterocycles. The Bertz CT molecular complexity index is 180. The zero-order valence-corrected chi connectivity index (χ0v) is 18.9. The van der Waals surface area contributed by atoms with Crippen molar-refractivity contribution in [2.45, 2.75) is 123 Å². The molecule has 0 rings (SSSR count). The van der Waals surface area contributed by atoms with Gasteiger partial charge in [0.2, 0.25) is 0 Å². The highest BCUT2D eigenvalue weighted by atomic mass is 28.3. The molecule has 0 aromatic carbocycles. The molecular weight excluding hydrogens is 312 g/mol. The first-order valence-electron chi connectivity index (χ1n) is 10.8. The van der Waals surface area contributed by atoms with Gasteiger partial charge in [0.25, 0.3) is 0 Å². The van der Waals surface area contributed by atoms with Gasteiger partial charge < -0.3 is 8.85 Å². The number of unbranched alkanes of at least 4 members (excludes halogenated alkanes) is 15. The molecule has 0 aromatic heterocycles. The van der Waals surface area contributed by atoms with Gasteiger partial charge >= 0.3 is 9.28 Å². The maximum Gasteiger partial charge on any atom is 0.317 e. The van der Waals surface area contributed by atoms with Crippen LogP contribution in [0.5, 0.6) is 0 Å². The van der Waals surface area contributed by atoms with Gasteiger partial charge in [-0.2, -0.15) is 0 Å². The minimum Gasteiger partial charge on any atom is -0.400 e. The van der Waals surface area contributed by atoms with E-state index in [-0.39, 0.29) is 0 Å². The van der Waals surface area contributed by atoms with E-state index in [4.69, 9.17) is 8.85 Å². The monoisotopic (exact) mass is 360 g/mol. The predicted octanol–water partition coefficient (Wildman–Crippen LogP) is 7.40. The van der Waals surface area contributed by atoms with Crippen molar-refractivity contribution in [3.05, 3.63) is 0 Å². The van der Waals surface area contributed by atoms with Gasteiger partial charge in [0.15, 0.2) is 0 Å². The lowest BCUT2D eigenvalue weighted by Crippen LogP contribution is -2.12. The van der Waals surface area contributed by atoms with Gasteiger partial charge in [-0.1, -0.05) is 117 Å². The lowest BCUT2D eigenvalue weighted by Gasteiger charge is -2.03. The molecule has 0 aliphatic heterocycles. The summed E-state index contributed by atoms with van der Waals surface area (Å²) in [4.78, 5) is 0. The molecule has 0 aromatic rings. The van der Waals surface area contributed by atoms with Crippen molar-refractivity contribution in [1.82, 2.24) is 0 Å². The van der Waals surface area contributed by atoms with Crippen LogP contribution in [0.2, 0.25) is 6.55 Å². The van der Waals surface area contributed by atoms with Crippen LogP contribution in [-0.4, -0.2) is 23.5 Å². The average Bonchev–Trinajstić information content (AvgIpc) is 2.62. The third-order valence-electron chi connectivity index (χ3n) is 4.62. The van der Waals surface area contributed by atoms with Crippen LogP contribution in [0.1, 0.15) is 117 Å². The van der Waals surface area contributed by atoms with E-state index in [9.17, 15) is 0 Å². The maximum atomic E-state index is 4.82. The smallest absolute Gasteiger partial charge is 0.317 e. The normalized spacial score (nSPS) is 10.8. The number of hydrogen-bond acceptors (Lipinski definition) is 2. The molecule has 0 heterocycles. The van der Waals surface area contributed by atoms with E-state index in [1.54, 1.807) is 14.2 Å². The lowest BCUT2D eigenvalue weighted by atomic mass is 10.0. The molecule has 3 heteroatoms. The van der Waals surface area contributed by atoms with Crippen LogP contribution in [0.15, 0.2) is 0 Å². The van der Waals surface area contributed by atoms with E-state index in [2.05, 4.69) is 13.8 Å². The molecule has 148 valence electrons. The van der Waals surface area contributed by atoms with Crippen molar-refractivity contribution in [3.8, 4) is 0 Å². The number of rotatable bonds is 17.